The molecule has 44 nitrogen and oxygen atoms in total. The van der Waals surface area contributed by atoms with Crippen LogP contribution in [-0.4, -0.2) is 363 Å². The summed E-state index contributed by atoms with van der Waals surface area (Å²) in [6, 6.07) is -3.36. The van der Waals surface area contributed by atoms with Crippen molar-refractivity contribution in [1.29, 1.82) is 0 Å². The minimum Gasteiger partial charge on any atom is -0.396 e. The van der Waals surface area contributed by atoms with E-state index in [9.17, 15) is 108 Å². The molecule has 728 valence electrons. The molecule has 126 heavy (non-hydrogen) atoms. The first kappa shape index (κ1) is 110. The third-order valence-corrected chi connectivity index (χ3v) is 27.9. The molecule has 0 radical (unpaired) electrons. The molecule has 16 N–H and O–H groups in total. The van der Waals surface area contributed by atoms with E-state index in [-0.39, 0.29) is 224 Å². The quantitative estimate of drug-likeness (QED) is 0.0210. The molecule has 6 fully saturated rings. The van der Waals surface area contributed by atoms with Gasteiger partial charge in [0, 0.05) is 149 Å². The third-order valence-electron chi connectivity index (χ3n) is 23.4. The van der Waals surface area contributed by atoms with Gasteiger partial charge in [-0.3, -0.25) is 56.7 Å². The number of carbonyl (C=O) groups excluding carboxylic acids is 9. The zero-order chi connectivity index (χ0) is 92.8. The van der Waals surface area contributed by atoms with Gasteiger partial charge in [-0.2, -0.15) is 0 Å². The number of aliphatic hydroxyl groups is 10. The van der Waals surface area contributed by atoms with Crippen molar-refractivity contribution in [2.24, 2.45) is 16.2 Å². The van der Waals surface area contributed by atoms with Crippen molar-refractivity contribution < 1.29 is 168 Å². The standard InChI is InChI=1S/C77H138N9O35P3S2/c1-51(91)81-63-69(103)66(100)54(42-87)119-72(63)111-39-15-18-57(94)78-30-12-6-9-21-60(97)84-33-24-75(45-90,25-34-84)46-115-123(107,125)117-49-77(28-37-86(38-29-77)62(99)23-11-8-14-32-80-59(96)20-17-41-113-74-65(83-53(3)93)71(105)68(102)56(44-89)121-74)50-118-124(108,126)116-48-76(47-114-122(106,109-4)110-5)26-35-85(36-27-76)61(98)22-10-7-13-31-79-58(95)19-16-40-112-73-64(82-52(2)92)70(104)67(101)55(43-88)120-73/h54-56,63-74,87-90,100-105H,6-50H2,1-5H3,(H,78,94)(H,79,95)(H,80,96)(H,81,91)(H,82,92)(H,83,93)(H,107,125)(H,108,126)/t54-,55-,56-,63+,64+,65+,66+,67+,68+,69+,70+,71+,72+,73+,74+,123?,124?/m0/s1. The van der Waals surface area contributed by atoms with Crippen LogP contribution < -0.4 is 31.9 Å². The molecule has 6 aliphatic heterocycles. The first-order valence-electron chi connectivity index (χ1n) is 43.2. The lowest BCUT2D eigenvalue weighted by molar-refractivity contribution is -0.270. The highest BCUT2D eigenvalue weighted by molar-refractivity contribution is 8.44. The Labute approximate surface area is 745 Å². The number of hydrogen-bond acceptors (Lipinski definition) is 35. The predicted molar refractivity (Wildman–Crippen MR) is 452 cm³/mol. The molecule has 6 aliphatic rings. The van der Waals surface area contributed by atoms with Crippen molar-refractivity contribution in [2.75, 3.05) is 152 Å². The summed E-state index contributed by atoms with van der Waals surface area (Å²) in [6.07, 6.45) is -8.11. The van der Waals surface area contributed by atoms with Gasteiger partial charge in [-0.25, -0.2) is 13.7 Å². The average molecular weight is 1910 g/mol. The van der Waals surface area contributed by atoms with Crippen LogP contribution >= 0.6 is 45.9 Å². The van der Waals surface area contributed by atoms with Crippen molar-refractivity contribution >= 4 is 99.1 Å². The van der Waals surface area contributed by atoms with Crippen LogP contribution in [-0.2, 0) is 117 Å². The molecule has 6 heterocycles. The monoisotopic (exact) mass is 1910 g/mol. The Morgan fingerprint density at radius 2 is 0.635 bits per heavy atom. The van der Waals surface area contributed by atoms with Crippen LogP contribution in [0.25, 0.3) is 0 Å². The number of aliphatic hydroxyl groups excluding tert-OH is 10. The zero-order valence-electron chi connectivity index (χ0n) is 72.7. The lowest BCUT2D eigenvalue weighted by Gasteiger charge is -2.43. The van der Waals surface area contributed by atoms with Gasteiger partial charge in [-0.1, -0.05) is 43.8 Å². The molecule has 0 aromatic heterocycles. The maximum Gasteiger partial charge on any atom is 0.474 e. The SMILES string of the molecule is COP(=O)(OC)OCC1(COP(=O)(S)OCC2(COP(=O)(S)OCC3(CO)CCN(C(=O)CCCCCNC(=O)CCCO[C@@H]4O[C@@H](CO)[C@@H](O)[C@H](O)[C@H]4NC(C)=O)CC3)CCN(C(=O)CCCCCNC(=O)CCCO[C@@H]3O[C@@H](CO)[C@@H](O)[C@H](O)[C@H]3NC(C)=O)CC2)CCN(C(=O)CCCCCNC(=O)CCCO[C@@H]2O[C@@H](CO)[C@@H](O)[C@H](O)[C@H]2NC(C)=O)CC1. The number of nitrogens with one attached hydrogen (secondary N) is 6. The summed E-state index contributed by atoms with van der Waals surface area (Å²) in [5.74, 6) is -2.74. The molecule has 0 spiro atoms. The molecule has 6 rings (SSSR count). The summed E-state index contributed by atoms with van der Waals surface area (Å²) in [7, 11) is -1.82. The summed E-state index contributed by atoms with van der Waals surface area (Å²) in [6.45, 7) is -6.74. The molecule has 17 atom stereocenters. The van der Waals surface area contributed by atoms with Crippen molar-refractivity contribution in [3.8, 4) is 0 Å². The van der Waals surface area contributed by atoms with E-state index in [0.717, 1.165) is 14.2 Å². The minimum atomic E-state index is -4.39. The number of piperidine rings is 3. The summed E-state index contributed by atoms with van der Waals surface area (Å²) >= 11 is 8.76. The number of rotatable bonds is 57. The number of amides is 9. The summed E-state index contributed by atoms with van der Waals surface area (Å²) in [4.78, 5) is 119. The second kappa shape index (κ2) is 55.4. The van der Waals surface area contributed by atoms with E-state index in [1.807, 2.05) is 0 Å². The number of carbonyl (C=O) groups is 9. The van der Waals surface area contributed by atoms with E-state index < -0.39 is 174 Å². The van der Waals surface area contributed by atoms with Gasteiger partial charge in [0.05, 0.1) is 79.3 Å². The van der Waals surface area contributed by atoms with E-state index in [1.165, 1.54) is 20.8 Å². The Morgan fingerprint density at radius 1 is 0.373 bits per heavy atom. The summed E-state index contributed by atoms with van der Waals surface area (Å²) in [5.41, 5.74) is -3.14. The molecule has 0 bridgehead atoms. The van der Waals surface area contributed by atoms with Crippen LogP contribution in [0.4, 0.5) is 0 Å². The Kier molecular flexibility index (Phi) is 48.6. The van der Waals surface area contributed by atoms with Crippen LogP contribution in [0.2, 0.25) is 0 Å². The van der Waals surface area contributed by atoms with Crippen LogP contribution in [0.15, 0.2) is 0 Å². The van der Waals surface area contributed by atoms with Gasteiger partial charge in [-0.05, 0) is 96.3 Å². The molecule has 0 saturated carbocycles. The van der Waals surface area contributed by atoms with Gasteiger partial charge in [0.2, 0.25) is 53.2 Å². The van der Waals surface area contributed by atoms with Gasteiger partial charge in [0.15, 0.2) is 18.9 Å². The molecule has 9 amide bonds. The smallest absolute Gasteiger partial charge is 0.396 e. The van der Waals surface area contributed by atoms with Crippen molar-refractivity contribution in [3.05, 3.63) is 0 Å². The van der Waals surface area contributed by atoms with E-state index in [1.54, 1.807) is 14.7 Å². The molecule has 49 heteroatoms. The van der Waals surface area contributed by atoms with Crippen LogP contribution in [0, 0.1) is 16.2 Å². The highest BCUT2D eigenvalue weighted by Gasteiger charge is 2.50. The number of thiol groups is 2. The first-order valence-corrected chi connectivity index (χ1v) is 50.1. The number of unbranched alkanes of at least 4 members (excludes halogenated alkanes) is 6. The Bertz CT molecular complexity index is 3510. The second-order valence-electron chi connectivity index (χ2n) is 33.1. The third kappa shape index (κ3) is 36.9. The first-order chi connectivity index (χ1) is 59.8. The number of ether oxygens (including phenoxy) is 6. The Balaban J connectivity index is 0.972. The predicted octanol–water partition coefficient (Wildman–Crippen LogP) is -0.384. The van der Waals surface area contributed by atoms with Gasteiger partial charge < -0.3 is 144 Å². The van der Waals surface area contributed by atoms with Crippen molar-refractivity contribution in [2.45, 2.75) is 267 Å². The fraction of sp³-hybridized carbons (Fsp3) is 0.883. The topological polar surface area (TPSA) is 609 Å². The molecule has 0 aromatic carbocycles. The van der Waals surface area contributed by atoms with E-state index in [2.05, 4.69) is 56.4 Å². The molecule has 2 unspecified atom stereocenters. The van der Waals surface area contributed by atoms with Crippen molar-refractivity contribution in [3.63, 3.8) is 0 Å². The maximum atomic E-state index is 14.5. The van der Waals surface area contributed by atoms with Gasteiger partial charge in [-0.15, -0.1) is 0 Å². The minimum absolute atomic E-state index is 0.00408. The lowest BCUT2D eigenvalue weighted by Crippen LogP contribution is -2.64. The fourth-order valence-electron chi connectivity index (χ4n) is 15.3. The summed E-state index contributed by atoms with van der Waals surface area (Å²) < 4.78 is 116. The van der Waals surface area contributed by atoms with Crippen LogP contribution in [0.3, 0.4) is 0 Å². The highest BCUT2D eigenvalue weighted by atomic mass is 32.7. The van der Waals surface area contributed by atoms with E-state index in [0.29, 0.717) is 77.4 Å². The zero-order valence-corrected chi connectivity index (χ0v) is 77.2. The molecular formula is C77H138N9O35P3S2. The van der Waals surface area contributed by atoms with E-state index >= 15 is 0 Å². The number of phosphoric ester groups is 1. The van der Waals surface area contributed by atoms with Crippen LogP contribution in [0.1, 0.15) is 175 Å². The normalized spacial score (nSPS) is 27.1. The molecule has 0 aliphatic carbocycles. The number of likely N-dealkylation sites (tertiary alicyclic amines) is 3. The van der Waals surface area contributed by atoms with Gasteiger partial charge in [0.25, 0.3) is 0 Å². The number of nitrogens with zero attached hydrogens (tertiary/aromatic N) is 3. The van der Waals surface area contributed by atoms with E-state index in [4.69, 9.17) is 60.1 Å². The molecule has 0 aromatic rings. The Morgan fingerprint density at radius 3 is 0.889 bits per heavy atom. The van der Waals surface area contributed by atoms with Crippen molar-refractivity contribution in [1.82, 2.24) is 46.6 Å². The van der Waals surface area contributed by atoms with Gasteiger partial charge >= 0.3 is 21.4 Å². The fourth-order valence-corrected chi connectivity index (χ4v) is 18.7. The maximum absolute atomic E-state index is 14.5. The Hall–Kier alpha value is -4.30. The second-order valence-corrected chi connectivity index (χ2v) is 40.9. The molecular weight excluding hydrogens is 1770 g/mol. The summed E-state index contributed by atoms with van der Waals surface area (Å²) in [5, 5.41) is 118. The van der Waals surface area contributed by atoms with Gasteiger partial charge in [0.1, 0.15) is 73.1 Å². The largest absolute Gasteiger partial charge is 0.474 e. The number of hydrogen-bond donors (Lipinski definition) is 18. The highest BCUT2D eigenvalue weighted by Crippen LogP contribution is 2.59. The van der Waals surface area contributed by atoms with Crippen LogP contribution in [0.5, 0.6) is 0 Å². The lowest BCUT2D eigenvalue weighted by atomic mass is 9.80. The average Bonchev–Trinajstić information content (AvgIpc) is 0.816. The molecule has 6 saturated heterocycles. The number of phosphoric acid groups is 1.